The zero-order chi connectivity index (χ0) is 22.5. The third kappa shape index (κ3) is 3.47. The van der Waals surface area contributed by atoms with E-state index < -0.39 is 22.4 Å². The van der Waals surface area contributed by atoms with Crippen LogP contribution in [0, 0.1) is 10.1 Å². The average Bonchev–Trinajstić information content (AvgIpc) is 3.25. The summed E-state index contributed by atoms with van der Waals surface area (Å²) < 4.78 is 1.98. The second kappa shape index (κ2) is 7.29. The number of carbonyl (C=O) groups is 3. The van der Waals surface area contributed by atoms with E-state index in [1.165, 1.54) is 18.2 Å². The second-order valence-corrected chi connectivity index (χ2v) is 8.73. The highest BCUT2D eigenvalue weighted by Gasteiger charge is 2.41. The monoisotopic (exact) mass is 425 g/mol. The van der Waals surface area contributed by atoms with Crippen molar-refractivity contribution in [1.29, 1.82) is 0 Å². The molecule has 162 valence electrons. The number of hydrogen-bond donors (Lipinski definition) is 0. The number of aromatic nitrogens is 2. The van der Waals surface area contributed by atoms with E-state index in [4.69, 9.17) is 0 Å². The van der Waals surface area contributed by atoms with Gasteiger partial charge in [-0.3, -0.25) is 34.1 Å². The molecule has 0 N–H and O–H groups in total. The molecule has 1 aromatic heterocycles. The molecule has 10 nitrogen and oxygen atoms in total. The Balaban J connectivity index is 1.44. The van der Waals surface area contributed by atoms with Crippen LogP contribution in [-0.4, -0.2) is 55.3 Å². The van der Waals surface area contributed by atoms with E-state index in [1.54, 1.807) is 11.1 Å². The molecule has 1 aromatic carbocycles. The molecule has 2 aliphatic heterocycles. The third-order valence-corrected chi connectivity index (χ3v) is 5.65. The molecule has 0 saturated carbocycles. The number of nitrogens with zero attached hydrogens (tertiary/aromatic N) is 5. The first-order valence-electron chi connectivity index (χ1n) is 10.1. The molecule has 31 heavy (non-hydrogen) atoms. The fraction of sp³-hybridized carbons (Fsp3) is 0.429. The van der Waals surface area contributed by atoms with Gasteiger partial charge in [-0.1, -0.05) is 6.07 Å². The van der Waals surface area contributed by atoms with Crippen LogP contribution in [0.15, 0.2) is 24.4 Å². The number of fused-ring (bicyclic) bond motifs is 2. The molecule has 2 aromatic rings. The maximum Gasteiger partial charge on any atom is 0.282 e. The van der Waals surface area contributed by atoms with Crippen molar-refractivity contribution in [1.82, 2.24) is 19.6 Å². The van der Waals surface area contributed by atoms with Crippen LogP contribution in [0.25, 0.3) is 0 Å². The number of rotatable bonds is 4. The summed E-state index contributed by atoms with van der Waals surface area (Å²) in [5.74, 6) is -1.52. The van der Waals surface area contributed by atoms with Crippen molar-refractivity contribution in [2.24, 2.45) is 0 Å². The van der Waals surface area contributed by atoms with Crippen molar-refractivity contribution in [2.75, 3.05) is 13.1 Å². The molecule has 0 fully saturated rings. The summed E-state index contributed by atoms with van der Waals surface area (Å²) in [5.41, 5.74) is 1.36. The van der Waals surface area contributed by atoms with Gasteiger partial charge < -0.3 is 4.90 Å². The van der Waals surface area contributed by atoms with Crippen molar-refractivity contribution in [3.8, 4) is 0 Å². The van der Waals surface area contributed by atoms with Crippen molar-refractivity contribution in [3.05, 3.63) is 56.9 Å². The van der Waals surface area contributed by atoms with E-state index >= 15 is 0 Å². The minimum Gasteiger partial charge on any atom is -0.338 e. The maximum absolute atomic E-state index is 12.8. The van der Waals surface area contributed by atoms with Gasteiger partial charge in [0, 0.05) is 49.8 Å². The fourth-order valence-electron chi connectivity index (χ4n) is 4.16. The predicted molar refractivity (Wildman–Crippen MR) is 109 cm³/mol. The van der Waals surface area contributed by atoms with Crippen LogP contribution >= 0.6 is 0 Å². The van der Waals surface area contributed by atoms with Crippen LogP contribution in [-0.2, 0) is 23.3 Å². The van der Waals surface area contributed by atoms with Crippen LogP contribution in [0.3, 0.4) is 0 Å². The molecular weight excluding hydrogens is 402 g/mol. The number of carbonyl (C=O) groups excluding carboxylic acids is 3. The Hall–Kier alpha value is -3.56. The van der Waals surface area contributed by atoms with E-state index in [1.807, 2.05) is 4.68 Å². The number of nitro groups is 1. The van der Waals surface area contributed by atoms with Gasteiger partial charge in [-0.25, -0.2) is 0 Å². The number of nitro benzene ring substituents is 1. The van der Waals surface area contributed by atoms with E-state index in [9.17, 15) is 24.5 Å². The van der Waals surface area contributed by atoms with Gasteiger partial charge in [0.05, 0.1) is 22.2 Å². The zero-order valence-electron chi connectivity index (χ0n) is 17.6. The summed E-state index contributed by atoms with van der Waals surface area (Å²) in [4.78, 5) is 51.1. The van der Waals surface area contributed by atoms with E-state index in [-0.39, 0.29) is 35.5 Å². The summed E-state index contributed by atoms with van der Waals surface area (Å²) in [6.45, 7) is 7.06. The molecule has 0 saturated heterocycles. The Labute approximate surface area is 178 Å². The van der Waals surface area contributed by atoms with Gasteiger partial charge >= 0.3 is 0 Å². The van der Waals surface area contributed by atoms with Crippen LogP contribution < -0.4 is 0 Å². The number of benzene rings is 1. The lowest BCUT2D eigenvalue weighted by Gasteiger charge is -2.30. The zero-order valence-corrected chi connectivity index (χ0v) is 17.6. The van der Waals surface area contributed by atoms with Gasteiger partial charge in [0.25, 0.3) is 17.5 Å². The van der Waals surface area contributed by atoms with E-state index in [0.29, 0.717) is 19.5 Å². The van der Waals surface area contributed by atoms with Crippen molar-refractivity contribution < 1.29 is 19.3 Å². The van der Waals surface area contributed by atoms with Crippen molar-refractivity contribution in [3.63, 3.8) is 0 Å². The fourth-order valence-corrected chi connectivity index (χ4v) is 4.16. The molecule has 0 atom stereocenters. The molecule has 0 aliphatic carbocycles. The Morgan fingerprint density at radius 1 is 1.23 bits per heavy atom. The van der Waals surface area contributed by atoms with Crippen molar-refractivity contribution in [2.45, 2.75) is 45.7 Å². The molecule has 2 aliphatic rings. The third-order valence-electron chi connectivity index (χ3n) is 5.65. The summed E-state index contributed by atoms with van der Waals surface area (Å²) in [5, 5.41) is 15.7. The highest BCUT2D eigenvalue weighted by Crippen LogP contribution is 2.31. The summed E-state index contributed by atoms with van der Waals surface area (Å²) in [7, 11) is 0. The summed E-state index contributed by atoms with van der Waals surface area (Å²) in [6.07, 6.45) is 2.42. The molecule has 4 rings (SSSR count). The minimum atomic E-state index is -0.729. The van der Waals surface area contributed by atoms with Crippen molar-refractivity contribution >= 4 is 23.4 Å². The van der Waals surface area contributed by atoms with Gasteiger partial charge in [-0.15, -0.1) is 0 Å². The van der Waals surface area contributed by atoms with Gasteiger partial charge in [-0.2, -0.15) is 5.10 Å². The number of imide groups is 1. The average molecular weight is 425 g/mol. The minimum absolute atomic E-state index is 0.00357. The van der Waals surface area contributed by atoms with E-state index in [2.05, 4.69) is 25.9 Å². The van der Waals surface area contributed by atoms with Crippen LogP contribution in [0.5, 0.6) is 0 Å². The van der Waals surface area contributed by atoms with Crippen LogP contribution in [0.4, 0.5) is 5.69 Å². The molecule has 0 unspecified atom stereocenters. The lowest BCUT2D eigenvalue weighted by Crippen LogP contribution is -2.40. The molecule has 3 amide bonds. The molecule has 3 heterocycles. The summed E-state index contributed by atoms with van der Waals surface area (Å²) in [6, 6.07) is 3.96. The summed E-state index contributed by atoms with van der Waals surface area (Å²) >= 11 is 0. The van der Waals surface area contributed by atoms with Gasteiger partial charge in [-0.05, 0) is 26.8 Å². The molecule has 0 spiro atoms. The second-order valence-electron chi connectivity index (χ2n) is 8.73. The Morgan fingerprint density at radius 3 is 2.65 bits per heavy atom. The normalized spacial score (nSPS) is 15.8. The lowest BCUT2D eigenvalue weighted by molar-refractivity contribution is -0.385. The van der Waals surface area contributed by atoms with Crippen LogP contribution in [0.2, 0.25) is 0 Å². The number of hydrogen-bond acceptors (Lipinski definition) is 6. The molecule has 0 radical (unpaired) electrons. The topological polar surface area (TPSA) is 119 Å². The molecule has 10 heteroatoms. The van der Waals surface area contributed by atoms with Crippen LogP contribution in [0.1, 0.15) is 59.2 Å². The quantitative estimate of drug-likeness (QED) is 0.421. The SMILES string of the molecule is CC(C)(C)n1ncc2c1CCN(C(=O)CCN1C(=O)c3cccc([N+](=O)[O-])c3C1=O)C2. The first-order valence-corrected chi connectivity index (χ1v) is 10.1. The largest absolute Gasteiger partial charge is 0.338 e. The predicted octanol–water partition coefficient (Wildman–Crippen LogP) is 2.12. The number of amides is 3. The van der Waals surface area contributed by atoms with E-state index in [0.717, 1.165) is 16.2 Å². The van der Waals surface area contributed by atoms with Gasteiger partial charge in [0.2, 0.25) is 5.91 Å². The van der Waals surface area contributed by atoms with Gasteiger partial charge in [0.1, 0.15) is 5.56 Å². The smallest absolute Gasteiger partial charge is 0.282 e. The highest BCUT2D eigenvalue weighted by molar-refractivity contribution is 6.23. The highest BCUT2D eigenvalue weighted by atomic mass is 16.6. The molecule has 0 bridgehead atoms. The molecular formula is C21H23N5O5. The first kappa shape index (κ1) is 20.7. The lowest BCUT2D eigenvalue weighted by atomic mass is 10.0. The Bertz CT molecular complexity index is 1110. The maximum atomic E-state index is 12.8. The van der Waals surface area contributed by atoms with Gasteiger partial charge in [0.15, 0.2) is 0 Å². The standard InChI is InChI=1S/C21H23N5O5/c1-21(2,3)25-15-7-9-23(12-13(15)11-22-25)17(27)8-10-24-19(28)14-5-4-6-16(26(30)31)18(14)20(24)29/h4-6,11H,7-10,12H2,1-3H3. The first-order chi connectivity index (χ1) is 14.6. The Kier molecular flexibility index (Phi) is 4.87. The Morgan fingerprint density at radius 2 is 1.97 bits per heavy atom.